The van der Waals surface area contributed by atoms with Gasteiger partial charge in [0.1, 0.15) is 0 Å². The summed E-state index contributed by atoms with van der Waals surface area (Å²) in [5.74, 6) is 1.14. The highest BCUT2D eigenvalue weighted by molar-refractivity contribution is 7.99. The number of aromatic amines is 1. The van der Waals surface area contributed by atoms with Gasteiger partial charge in [0.25, 0.3) is 5.91 Å². The van der Waals surface area contributed by atoms with E-state index in [1.165, 1.54) is 18.7 Å². The summed E-state index contributed by atoms with van der Waals surface area (Å²) >= 11 is 1.99. The number of nitrogens with one attached hydrogen (secondary N) is 1. The van der Waals surface area contributed by atoms with Crippen LogP contribution in [0.4, 0.5) is 0 Å². The highest BCUT2D eigenvalue weighted by Crippen LogP contribution is 2.32. The molecule has 1 aromatic rings. The normalized spacial score (nSPS) is 21.9. The van der Waals surface area contributed by atoms with E-state index in [1.54, 1.807) is 6.92 Å². The van der Waals surface area contributed by atoms with Crippen molar-refractivity contribution in [2.75, 3.05) is 12.8 Å². The minimum Gasteiger partial charge on any atom is -0.339 e. The van der Waals surface area contributed by atoms with Gasteiger partial charge in [-0.2, -0.15) is 11.8 Å². The van der Waals surface area contributed by atoms with Crippen LogP contribution in [-0.2, 0) is 0 Å². The monoisotopic (exact) mass is 294 g/mol. The van der Waals surface area contributed by atoms with Gasteiger partial charge >= 0.3 is 0 Å². The van der Waals surface area contributed by atoms with Crippen LogP contribution in [0, 0.1) is 6.92 Å². The Hall–Kier alpha value is -1.23. The standard InChI is InChI=1S/C15H22N2O2S/c1-4-20-12-6-5-11(8-12)17(3)15(19)13-9-16-14(18)7-10(13)2/h7,9,11-12H,4-6,8H2,1-3H3,(H,16,18)/t11-,12+/m0/s1. The maximum atomic E-state index is 12.5. The van der Waals surface area contributed by atoms with Gasteiger partial charge in [-0.15, -0.1) is 0 Å². The predicted molar refractivity (Wildman–Crippen MR) is 83.5 cm³/mol. The smallest absolute Gasteiger partial charge is 0.255 e. The van der Waals surface area contributed by atoms with Crippen LogP contribution in [0.3, 0.4) is 0 Å². The molecule has 0 aliphatic heterocycles. The van der Waals surface area contributed by atoms with Crippen molar-refractivity contribution < 1.29 is 4.79 Å². The molecule has 1 saturated carbocycles. The van der Waals surface area contributed by atoms with Gasteiger partial charge in [-0.25, -0.2) is 0 Å². The Morgan fingerprint density at radius 3 is 2.90 bits per heavy atom. The zero-order chi connectivity index (χ0) is 14.7. The highest BCUT2D eigenvalue weighted by atomic mass is 32.2. The zero-order valence-electron chi connectivity index (χ0n) is 12.3. The Balaban J connectivity index is 2.07. The summed E-state index contributed by atoms with van der Waals surface area (Å²) in [6.07, 6.45) is 4.86. The Labute approximate surface area is 124 Å². The number of H-pyrrole nitrogens is 1. The molecule has 0 unspecified atom stereocenters. The second kappa shape index (κ2) is 6.48. The molecular weight excluding hydrogens is 272 g/mol. The maximum absolute atomic E-state index is 12.5. The first-order valence-corrected chi connectivity index (χ1v) is 8.16. The molecule has 1 aliphatic carbocycles. The van der Waals surface area contributed by atoms with Gasteiger partial charge in [0.05, 0.1) is 5.56 Å². The molecule has 1 fully saturated rings. The van der Waals surface area contributed by atoms with E-state index in [4.69, 9.17) is 0 Å². The average molecular weight is 294 g/mol. The zero-order valence-corrected chi connectivity index (χ0v) is 13.1. The van der Waals surface area contributed by atoms with Gasteiger partial charge in [0.2, 0.25) is 5.56 Å². The molecule has 20 heavy (non-hydrogen) atoms. The molecule has 2 rings (SSSR count). The maximum Gasteiger partial charge on any atom is 0.255 e. The third kappa shape index (κ3) is 3.26. The van der Waals surface area contributed by atoms with Gasteiger partial charge in [0, 0.05) is 30.6 Å². The quantitative estimate of drug-likeness (QED) is 0.928. The second-order valence-corrected chi connectivity index (χ2v) is 6.93. The van der Waals surface area contributed by atoms with E-state index in [9.17, 15) is 9.59 Å². The number of carbonyl (C=O) groups is 1. The lowest BCUT2D eigenvalue weighted by Crippen LogP contribution is -2.36. The first-order valence-electron chi connectivity index (χ1n) is 7.11. The summed E-state index contributed by atoms with van der Waals surface area (Å²) in [6.45, 7) is 3.98. The van der Waals surface area contributed by atoms with Gasteiger partial charge in [0.15, 0.2) is 0 Å². The fourth-order valence-corrected chi connectivity index (χ4v) is 3.95. The van der Waals surface area contributed by atoms with Gasteiger partial charge < -0.3 is 9.88 Å². The summed E-state index contributed by atoms with van der Waals surface area (Å²) in [5.41, 5.74) is 1.17. The summed E-state index contributed by atoms with van der Waals surface area (Å²) in [5, 5.41) is 0.678. The molecule has 0 saturated heterocycles. The molecule has 2 atom stereocenters. The molecule has 0 aromatic carbocycles. The van der Waals surface area contributed by atoms with Crippen LogP contribution in [0.15, 0.2) is 17.1 Å². The molecule has 4 nitrogen and oxygen atoms in total. The number of hydrogen-bond donors (Lipinski definition) is 1. The summed E-state index contributed by atoms with van der Waals surface area (Å²) in [7, 11) is 1.87. The molecule has 5 heteroatoms. The largest absolute Gasteiger partial charge is 0.339 e. The lowest BCUT2D eigenvalue weighted by Gasteiger charge is -2.25. The number of nitrogens with zero attached hydrogens (tertiary/aromatic N) is 1. The topological polar surface area (TPSA) is 53.2 Å². The molecule has 1 N–H and O–H groups in total. The van der Waals surface area contributed by atoms with Crippen molar-refractivity contribution in [3.63, 3.8) is 0 Å². The molecular formula is C15H22N2O2S. The van der Waals surface area contributed by atoms with Gasteiger partial charge in [-0.05, 0) is 37.5 Å². The molecule has 1 aromatic heterocycles. The van der Waals surface area contributed by atoms with E-state index in [1.807, 2.05) is 23.7 Å². The number of hydrogen-bond acceptors (Lipinski definition) is 3. The highest BCUT2D eigenvalue weighted by Gasteiger charge is 2.30. The number of thioether (sulfide) groups is 1. The van der Waals surface area contributed by atoms with E-state index in [-0.39, 0.29) is 11.5 Å². The minimum atomic E-state index is -0.165. The van der Waals surface area contributed by atoms with Crippen LogP contribution in [0.5, 0.6) is 0 Å². The van der Waals surface area contributed by atoms with Crippen LogP contribution in [0.1, 0.15) is 42.1 Å². The van der Waals surface area contributed by atoms with Crippen molar-refractivity contribution in [2.24, 2.45) is 0 Å². The molecule has 1 amide bonds. The minimum absolute atomic E-state index is 0.00546. The molecule has 110 valence electrons. The number of aryl methyl sites for hydroxylation is 1. The van der Waals surface area contributed by atoms with Crippen LogP contribution in [-0.4, -0.2) is 39.9 Å². The number of carbonyl (C=O) groups excluding carboxylic acids is 1. The summed E-state index contributed by atoms with van der Waals surface area (Å²) in [4.78, 5) is 28.2. The average Bonchev–Trinajstić information content (AvgIpc) is 2.86. The van der Waals surface area contributed by atoms with E-state index >= 15 is 0 Å². The Bertz CT molecular complexity index is 541. The predicted octanol–water partition coefficient (Wildman–Crippen LogP) is 2.43. The third-order valence-electron chi connectivity index (χ3n) is 3.99. The van der Waals surface area contributed by atoms with Crippen molar-refractivity contribution in [3.05, 3.63) is 33.7 Å². The molecule has 1 heterocycles. The Kier molecular flexibility index (Phi) is 4.91. The van der Waals surface area contributed by atoms with Crippen molar-refractivity contribution in [1.82, 2.24) is 9.88 Å². The van der Waals surface area contributed by atoms with E-state index in [2.05, 4.69) is 11.9 Å². The summed E-state index contributed by atoms with van der Waals surface area (Å²) < 4.78 is 0. The Morgan fingerprint density at radius 2 is 2.25 bits per heavy atom. The first kappa shape index (κ1) is 15.2. The number of pyridine rings is 1. The molecule has 0 bridgehead atoms. The first-order chi connectivity index (χ1) is 9.52. The Morgan fingerprint density at radius 1 is 1.50 bits per heavy atom. The van der Waals surface area contributed by atoms with Crippen molar-refractivity contribution in [2.45, 2.75) is 44.4 Å². The van der Waals surface area contributed by atoms with Crippen LogP contribution < -0.4 is 5.56 Å². The number of aromatic nitrogens is 1. The van der Waals surface area contributed by atoms with Crippen molar-refractivity contribution >= 4 is 17.7 Å². The third-order valence-corrected chi connectivity index (χ3v) is 5.22. The number of rotatable bonds is 4. The van der Waals surface area contributed by atoms with E-state index < -0.39 is 0 Å². The number of amides is 1. The van der Waals surface area contributed by atoms with Gasteiger partial charge in [-0.3, -0.25) is 9.59 Å². The lowest BCUT2D eigenvalue weighted by molar-refractivity contribution is 0.0734. The van der Waals surface area contributed by atoms with Crippen molar-refractivity contribution in [3.8, 4) is 0 Å². The second-order valence-electron chi connectivity index (χ2n) is 5.35. The molecule has 0 radical (unpaired) electrons. The van der Waals surface area contributed by atoms with Crippen molar-refractivity contribution in [1.29, 1.82) is 0 Å². The SMILES string of the molecule is CCS[C@@H]1CC[C@H](N(C)C(=O)c2c[nH]c(=O)cc2C)C1. The fourth-order valence-electron chi connectivity index (χ4n) is 2.82. The molecule has 0 spiro atoms. The van der Waals surface area contributed by atoms with E-state index in [0.717, 1.165) is 24.2 Å². The fraction of sp³-hybridized carbons (Fsp3) is 0.600. The van der Waals surface area contributed by atoms with Gasteiger partial charge in [-0.1, -0.05) is 6.92 Å². The van der Waals surface area contributed by atoms with Crippen LogP contribution in [0.25, 0.3) is 0 Å². The summed E-state index contributed by atoms with van der Waals surface area (Å²) in [6, 6.07) is 1.80. The molecule has 1 aliphatic rings. The van der Waals surface area contributed by atoms with Crippen LogP contribution >= 0.6 is 11.8 Å². The van der Waals surface area contributed by atoms with E-state index in [0.29, 0.717) is 16.9 Å². The lowest BCUT2D eigenvalue weighted by atomic mass is 10.1. The van der Waals surface area contributed by atoms with Crippen LogP contribution in [0.2, 0.25) is 0 Å².